The molecule has 2 aromatic heterocycles. The number of H-pyrrole nitrogens is 1. The fraction of sp³-hybridized carbons (Fsp3) is 0.579. The molecule has 0 atom stereocenters. The Morgan fingerprint density at radius 1 is 1.20 bits per heavy atom. The van der Waals surface area contributed by atoms with Gasteiger partial charge in [0.05, 0.1) is 32.5 Å². The Hall–Kier alpha value is -2.08. The molecule has 6 nitrogen and oxygen atoms in total. The number of fused-ring (bicyclic) bond motifs is 1. The zero-order valence-electron chi connectivity index (χ0n) is 14.4. The van der Waals surface area contributed by atoms with E-state index in [2.05, 4.69) is 19.6 Å². The summed E-state index contributed by atoms with van der Waals surface area (Å²) >= 11 is 0. The maximum atomic E-state index is 13.0. The maximum Gasteiger partial charge on any atom is 0.363 e. The average Bonchev–Trinajstić information content (AvgIpc) is 3.57. The standard InChI is InChI=1S/C19H24N4O2/c24-18(20-16(13-4-5-13)14-6-7-14)17-15-3-1-2-8-23(15)19(21-17)22-9-11-25-12-10-22/h1-3,8,13-14,16H,4-7,9-12H2,(H,20,24)/p+1. The Morgan fingerprint density at radius 3 is 2.60 bits per heavy atom. The van der Waals surface area contributed by atoms with E-state index >= 15 is 0 Å². The Labute approximate surface area is 147 Å². The highest BCUT2D eigenvalue weighted by Crippen LogP contribution is 2.44. The molecule has 0 spiro atoms. The largest absolute Gasteiger partial charge is 0.375 e. The van der Waals surface area contributed by atoms with Crippen LogP contribution in [0.15, 0.2) is 24.4 Å². The molecule has 0 unspecified atom stereocenters. The van der Waals surface area contributed by atoms with Crippen LogP contribution in [0.2, 0.25) is 0 Å². The van der Waals surface area contributed by atoms with Gasteiger partial charge in [-0.2, -0.15) is 0 Å². The first-order chi connectivity index (χ1) is 12.3. The lowest BCUT2D eigenvalue weighted by Gasteiger charge is -2.21. The molecule has 3 fully saturated rings. The van der Waals surface area contributed by atoms with E-state index in [0.29, 0.717) is 23.6 Å². The summed E-state index contributed by atoms with van der Waals surface area (Å²) in [7, 11) is 0. The van der Waals surface area contributed by atoms with Gasteiger partial charge < -0.3 is 10.1 Å². The number of hydrogen-bond acceptors (Lipinski definition) is 3. The van der Waals surface area contributed by atoms with Crippen molar-refractivity contribution in [3.05, 3.63) is 30.1 Å². The first kappa shape index (κ1) is 15.2. The molecule has 0 radical (unpaired) electrons. The van der Waals surface area contributed by atoms with Crippen LogP contribution >= 0.6 is 0 Å². The molecule has 1 saturated heterocycles. The van der Waals surface area contributed by atoms with Crippen LogP contribution in [-0.2, 0) is 4.74 Å². The highest BCUT2D eigenvalue weighted by Gasteiger charge is 2.43. The number of imidazole rings is 1. The summed E-state index contributed by atoms with van der Waals surface area (Å²) in [5.74, 6) is 2.40. The van der Waals surface area contributed by atoms with E-state index < -0.39 is 0 Å². The zero-order chi connectivity index (χ0) is 16.8. The zero-order valence-corrected chi connectivity index (χ0v) is 14.4. The molecule has 2 aromatic rings. The van der Waals surface area contributed by atoms with Gasteiger partial charge in [-0.15, -0.1) is 0 Å². The van der Waals surface area contributed by atoms with Crippen LogP contribution in [-0.4, -0.2) is 43.2 Å². The number of anilines is 1. The third-order valence-electron chi connectivity index (χ3n) is 5.68. The highest BCUT2D eigenvalue weighted by molar-refractivity contribution is 5.98. The number of aromatic nitrogens is 2. The predicted octanol–water partition coefficient (Wildman–Crippen LogP) is 1.51. The summed E-state index contributed by atoms with van der Waals surface area (Å²) in [6.45, 7) is 3.12. The van der Waals surface area contributed by atoms with Crippen molar-refractivity contribution in [2.45, 2.75) is 31.7 Å². The van der Waals surface area contributed by atoms with Crippen molar-refractivity contribution in [2.75, 3.05) is 31.2 Å². The molecule has 3 heterocycles. The van der Waals surface area contributed by atoms with E-state index in [0.717, 1.165) is 37.8 Å². The molecule has 0 aromatic carbocycles. The SMILES string of the molecule is O=C(NC(C1CC1)C1CC1)c1[nH]c(N2CCOCC2)[n+]2ccccc12. The third kappa shape index (κ3) is 2.88. The van der Waals surface area contributed by atoms with Crippen LogP contribution in [0.3, 0.4) is 0 Å². The molecule has 132 valence electrons. The number of amides is 1. The minimum absolute atomic E-state index is 0.0343. The number of carbonyl (C=O) groups excluding carboxylic acids is 1. The molecule has 0 bridgehead atoms. The summed E-state index contributed by atoms with van der Waals surface area (Å²) < 4.78 is 7.55. The van der Waals surface area contributed by atoms with Gasteiger partial charge in [-0.05, 0) is 49.7 Å². The number of aromatic amines is 1. The van der Waals surface area contributed by atoms with Crippen LogP contribution in [0.4, 0.5) is 5.95 Å². The van der Waals surface area contributed by atoms with Gasteiger partial charge in [0.1, 0.15) is 0 Å². The number of hydrogen-bond donors (Lipinski definition) is 2. The Morgan fingerprint density at radius 2 is 1.92 bits per heavy atom. The van der Waals surface area contributed by atoms with Crippen molar-refractivity contribution in [1.82, 2.24) is 10.3 Å². The molecular formula is C19H25N4O2+. The molecular weight excluding hydrogens is 316 g/mol. The quantitative estimate of drug-likeness (QED) is 0.811. The van der Waals surface area contributed by atoms with Crippen LogP contribution in [0.25, 0.3) is 5.52 Å². The Balaban J connectivity index is 1.46. The van der Waals surface area contributed by atoms with Crippen LogP contribution in [0.1, 0.15) is 36.2 Å². The lowest BCUT2D eigenvalue weighted by atomic mass is 10.1. The molecule has 3 aliphatic rings. The van der Waals surface area contributed by atoms with Gasteiger partial charge in [-0.25, -0.2) is 9.38 Å². The van der Waals surface area contributed by atoms with Crippen LogP contribution < -0.4 is 14.6 Å². The summed E-state index contributed by atoms with van der Waals surface area (Å²) in [5, 5.41) is 3.34. The topological polar surface area (TPSA) is 61.5 Å². The molecule has 1 aliphatic heterocycles. The number of carbonyl (C=O) groups is 1. The minimum atomic E-state index is 0.0343. The van der Waals surface area contributed by atoms with Gasteiger partial charge in [0.2, 0.25) is 5.69 Å². The lowest BCUT2D eigenvalue weighted by molar-refractivity contribution is -0.497. The van der Waals surface area contributed by atoms with E-state index in [4.69, 9.17) is 4.74 Å². The van der Waals surface area contributed by atoms with Crippen molar-refractivity contribution in [3.8, 4) is 0 Å². The molecule has 1 amide bonds. The predicted molar refractivity (Wildman–Crippen MR) is 93.7 cm³/mol. The molecule has 25 heavy (non-hydrogen) atoms. The number of ether oxygens (including phenoxy) is 1. The van der Waals surface area contributed by atoms with Gasteiger partial charge in [0, 0.05) is 6.04 Å². The number of morpholine rings is 1. The smallest absolute Gasteiger partial charge is 0.363 e. The summed E-state index contributed by atoms with van der Waals surface area (Å²) in [6.07, 6.45) is 7.08. The normalized spacial score (nSPS) is 21.1. The van der Waals surface area contributed by atoms with E-state index in [1.54, 1.807) is 0 Å². The van der Waals surface area contributed by atoms with Crippen molar-refractivity contribution < 1.29 is 13.9 Å². The second kappa shape index (κ2) is 6.02. The second-order valence-corrected chi connectivity index (χ2v) is 7.55. The molecule has 2 saturated carbocycles. The van der Waals surface area contributed by atoms with Gasteiger partial charge >= 0.3 is 5.95 Å². The molecule has 2 N–H and O–H groups in total. The first-order valence-corrected chi connectivity index (χ1v) is 9.47. The van der Waals surface area contributed by atoms with Gasteiger partial charge in [0.15, 0.2) is 5.52 Å². The lowest BCUT2D eigenvalue weighted by Crippen LogP contribution is -2.41. The minimum Gasteiger partial charge on any atom is -0.375 e. The van der Waals surface area contributed by atoms with Crippen molar-refractivity contribution in [3.63, 3.8) is 0 Å². The maximum absolute atomic E-state index is 13.0. The second-order valence-electron chi connectivity index (χ2n) is 7.55. The van der Waals surface area contributed by atoms with E-state index in [9.17, 15) is 4.79 Å². The van der Waals surface area contributed by atoms with Crippen molar-refractivity contribution >= 4 is 17.4 Å². The first-order valence-electron chi connectivity index (χ1n) is 9.47. The van der Waals surface area contributed by atoms with Crippen molar-refractivity contribution in [1.29, 1.82) is 0 Å². The van der Waals surface area contributed by atoms with E-state index in [1.165, 1.54) is 25.7 Å². The summed E-state index contributed by atoms with van der Waals surface area (Å²) in [4.78, 5) is 18.7. The fourth-order valence-electron chi connectivity index (χ4n) is 4.00. The number of rotatable bonds is 5. The Kier molecular flexibility index (Phi) is 3.66. The highest BCUT2D eigenvalue weighted by atomic mass is 16.5. The monoisotopic (exact) mass is 341 g/mol. The molecule has 5 rings (SSSR count). The van der Waals surface area contributed by atoms with Crippen molar-refractivity contribution in [2.24, 2.45) is 11.8 Å². The van der Waals surface area contributed by atoms with Gasteiger partial charge in [-0.3, -0.25) is 9.69 Å². The summed E-state index contributed by atoms with van der Waals surface area (Å²) in [6, 6.07) is 6.37. The number of nitrogens with zero attached hydrogens (tertiary/aromatic N) is 2. The fourth-order valence-corrected chi connectivity index (χ4v) is 4.00. The molecule has 6 heteroatoms. The summed E-state index contributed by atoms with van der Waals surface area (Å²) in [5.41, 5.74) is 1.61. The number of nitrogens with one attached hydrogen (secondary N) is 2. The van der Waals surface area contributed by atoms with Crippen LogP contribution in [0.5, 0.6) is 0 Å². The molecule has 2 aliphatic carbocycles. The van der Waals surface area contributed by atoms with Gasteiger partial charge in [0.25, 0.3) is 5.91 Å². The van der Waals surface area contributed by atoms with Crippen LogP contribution in [0, 0.1) is 11.8 Å². The third-order valence-corrected chi connectivity index (χ3v) is 5.68. The average molecular weight is 341 g/mol. The van der Waals surface area contributed by atoms with E-state index in [1.807, 2.05) is 24.4 Å². The van der Waals surface area contributed by atoms with Gasteiger partial charge in [-0.1, -0.05) is 6.07 Å². The number of pyridine rings is 1. The van der Waals surface area contributed by atoms with E-state index in [-0.39, 0.29) is 5.91 Å². The Bertz CT molecular complexity index is 776.